The minimum Gasteiger partial charge on any atom is -0.307 e. The average molecular weight is 349 g/mol. The fourth-order valence-electron chi connectivity index (χ4n) is 4.16. The second-order valence-corrected chi connectivity index (χ2v) is 8.31. The van der Waals surface area contributed by atoms with Gasteiger partial charge in [0.05, 0.1) is 11.1 Å². The Hall–Kier alpha value is -1.72. The van der Waals surface area contributed by atoms with Gasteiger partial charge >= 0.3 is 0 Å². The largest absolute Gasteiger partial charge is 0.307 e. The number of benzene rings is 1. The Morgan fingerprint density at radius 3 is 2.17 bits per heavy atom. The van der Waals surface area contributed by atoms with Crippen molar-refractivity contribution in [1.82, 2.24) is 10.2 Å². The van der Waals surface area contributed by atoms with Crippen LogP contribution < -0.4 is 5.32 Å². The molecule has 0 unspecified atom stereocenters. The second-order valence-electron chi connectivity index (χ2n) is 7.97. The molecule has 1 saturated heterocycles. The van der Waals surface area contributed by atoms with Crippen molar-refractivity contribution >= 4 is 28.7 Å². The first-order valence-electron chi connectivity index (χ1n) is 8.02. The van der Waals surface area contributed by atoms with Crippen LogP contribution in [0.1, 0.15) is 71.6 Å². The lowest BCUT2D eigenvalue weighted by atomic mass is 9.79. The molecule has 1 fully saturated rings. The number of carbonyl (C=O) groups excluding carboxylic acids is 3. The normalized spacial score (nSPS) is 22.6. The summed E-state index contributed by atoms with van der Waals surface area (Å²) in [5, 5.41) is 2.91. The van der Waals surface area contributed by atoms with E-state index in [1.54, 1.807) is 0 Å². The standard InChI is InChI=1S/C18H21ClN2O3/c1-17(2)8-11(9-18(3,4)20-17)21-15(23)12-6-5-10(14(19)22)7-13(12)16(21)24/h5-7,11,20H,8-9H2,1-4H3. The number of nitrogens with zero attached hydrogens (tertiary/aromatic N) is 1. The highest BCUT2D eigenvalue weighted by molar-refractivity contribution is 6.67. The van der Waals surface area contributed by atoms with Crippen LogP contribution in [0.5, 0.6) is 0 Å². The van der Waals surface area contributed by atoms with Crippen LogP contribution in [-0.4, -0.2) is 39.1 Å². The predicted molar refractivity (Wildman–Crippen MR) is 91.4 cm³/mol. The number of piperidine rings is 1. The van der Waals surface area contributed by atoms with Crippen LogP contribution in [-0.2, 0) is 0 Å². The number of amides is 2. The number of imide groups is 1. The van der Waals surface area contributed by atoms with Crippen LogP contribution in [0.3, 0.4) is 0 Å². The first-order chi connectivity index (χ1) is 11.0. The monoisotopic (exact) mass is 348 g/mol. The lowest BCUT2D eigenvalue weighted by Crippen LogP contribution is -2.62. The van der Waals surface area contributed by atoms with Crippen molar-refractivity contribution < 1.29 is 14.4 Å². The molecule has 5 nitrogen and oxygen atoms in total. The number of halogens is 1. The molecule has 0 saturated carbocycles. The van der Waals surface area contributed by atoms with Gasteiger partial charge < -0.3 is 5.32 Å². The number of nitrogens with one attached hydrogen (secondary N) is 1. The molecule has 2 heterocycles. The van der Waals surface area contributed by atoms with Crippen LogP contribution in [0, 0.1) is 0 Å². The van der Waals surface area contributed by atoms with Crippen molar-refractivity contribution in [3.8, 4) is 0 Å². The van der Waals surface area contributed by atoms with Crippen LogP contribution in [0.2, 0.25) is 0 Å². The zero-order chi connectivity index (χ0) is 17.9. The summed E-state index contributed by atoms with van der Waals surface area (Å²) in [4.78, 5) is 38.3. The van der Waals surface area contributed by atoms with Gasteiger partial charge in [0, 0.05) is 22.7 Å². The topological polar surface area (TPSA) is 66.5 Å². The molecule has 0 radical (unpaired) electrons. The molecule has 3 rings (SSSR count). The molecule has 0 aliphatic carbocycles. The van der Waals surface area contributed by atoms with E-state index in [0.717, 1.165) is 0 Å². The van der Waals surface area contributed by atoms with Gasteiger partial charge in [0.1, 0.15) is 0 Å². The Morgan fingerprint density at radius 1 is 1.08 bits per heavy atom. The predicted octanol–water partition coefficient (Wildman–Crippen LogP) is 2.97. The number of fused-ring (bicyclic) bond motifs is 1. The molecule has 1 aromatic rings. The zero-order valence-electron chi connectivity index (χ0n) is 14.3. The van der Waals surface area contributed by atoms with Crippen molar-refractivity contribution in [1.29, 1.82) is 0 Å². The molecule has 2 amide bonds. The first-order valence-corrected chi connectivity index (χ1v) is 8.40. The van der Waals surface area contributed by atoms with E-state index in [1.807, 2.05) is 0 Å². The van der Waals surface area contributed by atoms with Gasteiger partial charge in [0.25, 0.3) is 17.1 Å². The first kappa shape index (κ1) is 17.1. The Bertz CT molecular complexity index is 739. The van der Waals surface area contributed by atoms with Gasteiger partial charge in [0.2, 0.25) is 0 Å². The summed E-state index contributed by atoms with van der Waals surface area (Å²) in [6.07, 6.45) is 1.37. The molecular weight excluding hydrogens is 328 g/mol. The van der Waals surface area contributed by atoms with Gasteiger partial charge in [-0.25, -0.2) is 0 Å². The molecule has 1 N–H and O–H groups in total. The molecular formula is C18H21ClN2O3. The molecule has 2 aliphatic heterocycles. The number of hydrogen-bond donors (Lipinski definition) is 1. The van der Waals surface area contributed by atoms with Crippen molar-refractivity contribution in [2.75, 3.05) is 0 Å². The third-order valence-electron chi connectivity index (χ3n) is 4.68. The molecule has 6 heteroatoms. The fourth-order valence-corrected chi connectivity index (χ4v) is 4.28. The summed E-state index contributed by atoms with van der Waals surface area (Å²) in [6.45, 7) is 8.29. The average Bonchev–Trinajstić information content (AvgIpc) is 2.67. The molecule has 0 spiro atoms. The number of carbonyl (C=O) groups is 3. The maximum atomic E-state index is 12.8. The zero-order valence-corrected chi connectivity index (χ0v) is 15.0. The van der Waals surface area contributed by atoms with Crippen molar-refractivity contribution in [3.63, 3.8) is 0 Å². The summed E-state index contributed by atoms with van der Waals surface area (Å²) >= 11 is 5.49. The maximum Gasteiger partial charge on any atom is 0.261 e. The SMILES string of the molecule is CC1(C)CC(N2C(=O)c3ccc(C(=O)Cl)cc3C2=O)CC(C)(C)N1. The lowest BCUT2D eigenvalue weighted by Gasteiger charge is -2.48. The van der Waals surface area contributed by atoms with Gasteiger partial charge in [-0.1, -0.05) is 0 Å². The Labute approximate surface area is 146 Å². The third-order valence-corrected chi connectivity index (χ3v) is 4.90. The van der Waals surface area contributed by atoms with E-state index < -0.39 is 5.24 Å². The highest BCUT2D eigenvalue weighted by Gasteiger charge is 2.46. The van der Waals surface area contributed by atoms with E-state index in [4.69, 9.17) is 11.6 Å². The lowest BCUT2D eigenvalue weighted by molar-refractivity contribution is 0.0412. The van der Waals surface area contributed by atoms with E-state index in [1.165, 1.54) is 23.1 Å². The maximum absolute atomic E-state index is 12.8. The molecule has 0 atom stereocenters. The fraction of sp³-hybridized carbons (Fsp3) is 0.500. The van der Waals surface area contributed by atoms with Crippen molar-refractivity contribution in [2.45, 2.75) is 57.7 Å². The Kier molecular flexibility index (Phi) is 3.85. The molecule has 128 valence electrons. The minimum absolute atomic E-state index is 0.182. The summed E-state index contributed by atoms with van der Waals surface area (Å²) < 4.78 is 0. The molecule has 24 heavy (non-hydrogen) atoms. The van der Waals surface area contributed by atoms with Gasteiger partial charge in [0.15, 0.2) is 0 Å². The molecule has 0 bridgehead atoms. The van der Waals surface area contributed by atoms with Crippen LogP contribution in [0.4, 0.5) is 0 Å². The van der Waals surface area contributed by atoms with Gasteiger partial charge in [-0.3, -0.25) is 19.3 Å². The van der Waals surface area contributed by atoms with Crippen molar-refractivity contribution in [2.24, 2.45) is 0 Å². The van der Waals surface area contributed by atoms with E-state index in [2.05, 4.69) is 33.0 Å². The van der Waals surface area contributed by atoms with Crippen LogP contribution in [0.15, 0.2) is 18.2 Å². The van der Waals surface area contributed by atoms with E-state index in [-0.39, 0.29) is 40.1 Å². The van der Waals surface area contributed by atoms with Crippen molar-refractivity contribution in [3.05, 3.63) is 34.9 Å². The van der Waals surface area contributed by atoms with Crippen LogP contribution in [0.25, 0.3) is 0 Å². The summed E-state index contributed by atoms with van der Waals surface area (Å²) in [5.41, 5.74) is 0.471. The summed E-state index contributed by atoms with van der Waals surface area (Å²) in [7, 11) is 0. The van der Waals surface area contributed by atoms with Gasteiger partial charge in [-0.15, -0.1) is 0 Å². The van der Waals surface area contributed by atoms with Gasteiger partial charge in [-0.05, 0) is 70.3 Å². The van der Waals surface area contributed by atoms with E-state index >= 15 is 0 Å². The van der Waals surface area contributed by atoms with Crippen LogP contribution >= 0.6 is 11.6 Å². The second kappa shape index (κ2) is 5.39. The molecule has 1 aromatic carbocycles. The quantitative estimate of drug-likeness (QED) is 0.659. The number of rotatable bonds is 2. The molecule has 2 aliphatic rings. The summed E-state index contributed by atoms with van der Waals surface area (Å²) in [6, 6.07) is 4.24. The smallest absolute Gasteiger partial charge is 0.261 e. The van der Waals surface area contributed by atoms with E-state index in [9.17, 15) is 14.4 Å². The highest BCUT2D eigenvalue weighted by atomic mass is 35.5. The Balaban J connectivity index is 1.97. The number of hydrogen-bond acceptors (Lipinski definition) is 4. The summed E-state index contributed by atoms with van der Waals surface area (Å²) in [5.74, 6) is -0.629. The third kappa shape index (κ3) is 2.87. The Morgan fingerprint density at radius 2 is 1.62 bits per heavy atom. The van der Waals surface area contributed by atoms with E-state index in [0.29, 0.717) is 18.4 Å². The minimum atomic E-state index is -0.638. The highest BCUT2D eigenvalue weighted by Crippen LogP contribution is 2.36. The van der Waals surface area contributed by atoms with Gasteiger partial charge in [-0.2, -0.15) is 0 Å². The molecule has 0 aromatic heterocycles.